The van der Waals surface area contributed by atoms with Crippen molar-refractivity contribution < 1.29 is 27.1 Å². The summed E-state index contributed by atoms with van der Waals surface area (Å²) in [7, 11) is 0. The van der Waals surface area contributed by atoms with Crippen molar-refractivity contribution in [3.8, 4) is 11.5 Å². The first kappa shape index (κ1) is 23.8. The Balaban J connectivity index is 1.44. The lowest BCUT2D eigenvalue weighted by Gasteiger charge is -2.16. The zero-order chi connectivity index (χ0) is 25.4. The number of amides is 1. The highest BCUT2D eigenvalue weighted by molar-refractivity contribution is 6.30. The number of carbonyl (C=O) groups is 1. The fourth-order valence-corrected chi connectivity index (χ4v) is 3.97. The van der Waals surface area contributed by atoms with Gasteiger partial charge in [-0.1, -0.05) is 11.6 Å². The second-order valence-corrected chi connectivity index (χ2v) is 8.53. The number of rotatable bonds is 5. The van der Waals surface area contributed by atoms with Crippen LogP contribution in [-0.4, -0.2) is 29.0 Å². The standard InChI is InChI=1S/C25H17ClF4N4O2/c26-15-5-3-13(9-16(15)27)25(35)33-20-11-17(28)22(29)24(23(20)30)36-14-4-6-18-19(10-14)32-21(12-31-18)34-7-1-2-8-34/h3-6,9-12H,1-2,7-8H2,(H,33,35). The molecule has 0 aliphatic carbocycles. The summed E-state index contributed by atoms with van der Waals surface area (Å²) in [6, 6.07) is 8.03. The Morgan fingerprint density at radius 2 is 1.72 bits per heavy atom. The van der Waals surface area contributed by atoms with Gasteiger partial charge >= 0.3 is 0 Å². The third-order valence-corrected chi connectivity index (χ3v) is 6.00. The molecule has 36 heavy (non-hydrogen) atoms. The van der Waals surface area contributed by atoms with Crippen molar-refractivity contribution in [3.63, 3.8) is 0 Å². The van der Waals surface area contributed by atoms with Crippen LogP contribution in [0.2, 0.25) is 5.02 Å². The minimum atomic E-state index is -1.58. The van der Waals surface area contributed by atoms with E-state index in [2.05, 4.69) is 20.2 Å². The number of fused-ring (bicyclic) bond motifs is 1. The number of carbonyl (C=O) groups excluding carboxylic acids is 1. The lowest BCUT2D eigenvalue weighted by molar-refractivity contribution is 0.102. The lowest BCUT2D eigenvalue weighted by atomic mass is 10.2. The third-order valence-electron chi connectivity index (χ3n) is 5.70. The topological polar surface area (TPSA) is 67.3 Å². The number of anilines is 2. The van der Waals surface area contributed by atoms with Gasteiger partial charge in [-0.25, -0.2) is 18.2 Å². The van der Waals surface area contributed by atoms with Crippen LogP contribution in [-0.2, 0) is 0 Å². The van der Waals surface area contributed by atoms with Crippen LogP contribution in [0.1, 0.15) is 23.2 Å². The molecule has 6 nitrogen and oxygen atoms in total. The Bertz CT molecular complexity index is 1500. The van der Waals surface area contributed by atoms with Gasteiger partial charge in [-0.05, 0) is 43.2 Å². The second kappa shape index (κ2) is 9.62. The normalized spacial score (nSPS) is 13.3. The molecule has 11 heteroatoms. The predicted molar refractivity (Wildman–Crippen MR) is 127 cm³/mol. The van der Waals surface area contributed by atoms with Gasteiger partial charge in [0.05, 0.1) is 27.9 Å². The van der Waals surface area contributed by atoms with Crippen LogP contribution in [0, 0.1) is 23.3 Å². The molecule has 0 saturated carbocycles. The zero-order valence-corrected chi connectivity index (χ0v) is 19.3. The molecule has 0 atom stereocenters. The quantitative estimate of drug-likeness (QED) is 0.243. The van der Waals surface area contributed by atoms with Crippen molar-refractivity contribution in [1.82, 2.24) is 9.97 Å². The molecule has 0 spiro atoms. The van der Waals surface area contributed by atoms with E-state index >= 15 is 4.39 Å². The van der Waals surface area contributed by atoms with E-state index in [0.717, 1.165) is 38.1 Å². The molecule has 1 amide bonds. The van der Waals surface area contributed by atoms with Crippen LogP contribution in [0.25, 0.3) is 11.0 Å². The van der Waals surface area contributed by atoms with Gasteiger partial charge in [0.2, 0.25) is 11.6 Å². The van der Waals surface area contributed by atoms with Crippen molar-refractivity contribution in [1.29, 1.82) is 0 Å². The van der Waals surface area contributed by atoms with Gasteiger partial charge < -0.3 is 15.0 Å². The van der Waals surface area contributed by atoms with E-state index in [1.165, 1.54) is 18.2 Å². The molecule has 1 aliphatic heterocycles. The molecule has 0 radical (unpaired) electrons. The lowest BCUT2D eigenvalue weighted by Crippen LogP contribution is -2.19. The number of aromatic nitrogens is 2. The fraction of sp³-hybridized carbons (Fsp3) is 0.160. The highest BCUT2D eigenvalue weighted by Gasteiger charge is 2.23. The van der Waals surface area contributed by atoms with Crippen molar-refractivity contribution in [2.45, 2.75) is 12.8 Å². The molecule has 1 aliphatic rings. The number of ether oxygens (including phenoxy) is 1. The first-order valence-electron chi connectivity index (χ1n) is 10.9. The summed E-state index contributed by atoms with van der Waals surface area (Å²) in [5, 5.41) is 1.88. The molecule has 5 rings (SSSR count). The Kier molecular flexibility index (Phi) is 6.36. The Labute approximate surface area is 207 Å². The van der Waals surface area contributed by atoms with Crippen LogP contribution in [0.4, 0.5) is 29.1 Å². The molecule has 4 aromatic rings. The molecule has 3 aromatic carbocycles. The molecule has 1 fully saturated rings. The Morgan fingerprint density at radius 3 is 2.47 bits per heavy atom. The molecule has 2 heterocycles. The van der Waals surface area contributed by atoms with Gasteiger partial charge in [0.25, 0.3) is 5.91 Å². The summed E-state index contributed by atoms with van der Waals surface area (Å²) >= 11 is 5.60. The average molecular weight is 517 g/mol. The Hall–Kier alpha value is -3.92. The van der Waals surface area contributed by atoms with E-state index < -0.39 is 40.6 Å². The maximum absolute atomic E-state index is 15.1. The van der Waals surface area contributed by atoms with Gasteiger partial charge in [0.15, 0.2) is 11.6 Å². The third kappa shape index (κ3) is 4.64. The van der Waals surface area contributed by atoms with E-state index in [1.54, 1.807) is 12.3 Å². The number of halogens is 5. The number of hydrogen-bond acceptors (Lipinski definition) is 5. The first-order valence-corrected chi connectivity index (χ1v) is 11.3. The SMILES string of the molecule is O=C(Nc1cc(F)c(F)c(Oc2ccc3ncc(N4CCCC4)nc3c2)c1F)c1ccc(Cl)c(F)c1. The Morgan fingerprint density at radius 1 is 0.944 bits per heavy atom. The van der Waals surface area contributed by atoms with E-state index in [1.807, 2.05) is 0 Å². The predicted octanol–water partition coefficient (Wildman–Crippen LogP) is 6.48. The highest BCUT2D eigenvalue weighted by atomic mass is 35.5. The maximum atomic E-state index is 15.1. The molecule has 0 bridgehead atoms. The average Bonchev–Trinajstić information content (AvgIpc) is 3.41. The summed E-state index contributed by atoms with van der Waals surface area (Å²) in [5.74, 6) is -6.63. The fourth-order valence-electron chi connectivity index (χ4n) is 3.85. The number of benzene rings is 3. The maximum Gasteiger partial charge on any atom is 0.255 e. The highest BCUT2D eigenvalue weighted by Crippen LogP contribution is 2.35. The first-order chi connectivity index (χ1) is 17.3. The molecule has 1 aromatic heterocycles. The van der Waals surface area contributed by atoms with E-state index in [-0.39, 0.29) is 16.3 Å². The van der Waals surface area contributed by atoms with Crippen LogP contribution in [0.15, 0.2) is 48.7 Å². The zero-order valence-electron chi connectivity index (χ0n) is 18.5. The van der Waals surface area contributed by atoms with Crippen LogP contribution >= 0.6 is 11.6 Å². The molecule has 0 unspecified atom stereocenters. The largest absolute Gasteiger partial charge is 0.451 e. The second-order valence-electron chi connectivity index (χ2n) is 8.12. The van der Waals surface area contributed by atoms with Gasteiger partial charge in [-0.2, -0.15) is 4.39 Å². The van der Waals surface area contributed by atoms with Crippen molar-refractivity contribution in [2.24, 2.45) is 0 Å². The van der Waals surface area contributed by atoms with Crippen molar-refractivity contribution >= 4 is 40.0 Å². The minimum Gasteiger partial charge on any atom is -0.451 e. The van der Waals surface area contributed by atoms with Gasteiger partial charge in [0, 0.05) is 30.8 Å². The van der Waals surface area contributed by atoms with Crippen LogP contribution in [0.3, 0.4) is 0 Å². The van der Waals surface area contributed by atoms with E-state index in [4.69, 9.17) is 16.3 Å². The number of nitrogens with zero attached hydrogens (tertiary/aromatic N) is 3. The van der Waals surface area contributed by atoms with E-state index in [0.29, 0.717) is 22.9 Å². The van der Waals surface area contributed by atoms with Crippen molar-refractivity contribution in [2.75, 3.05) is 23.3 Å². The number of hydrogen-bond donors (Lipinski definition) is 1. The molecule has 184 valence electrons. The summed E-state index contributed by atoms with van der Waals surface area (Å²) < 4.78 is 63.0. The molecular weight excluding hydrogens is 500 g/mol. The van der Waals surface area contributed by atoms with Gasteiger partial charge in [-0.15, -0.1) is 0 Å². The van der Waals surface area contributed by atoms with Gasteiger partial charge in [0.1, 0.15) is 17.4 Å². The van der Waals surface area contributed by atoms with Crippen LogP contribution < -0.4 is 15.0 Å². The molecular formula is C25H17ClF4N4O2. The summed E-state index contributed by atoms with van der Waals surface area (Å²) in [6.45, 7) is 1.71. The van der Waals surface area contributed by atoms with Crippen LogP contribution in [0.5, 0.6) is 11.5 Å². The molecule has 1 N–H and O–H groups in total. The minimum absolute atomic E-state index is 0.0178. The van der Waals surface area contributed by atoms with Crippen molar-refractivity contribution in [3.05, 3.63) is 82.5 Å². The summed E-state index contributed by atoms with van der Waals surface area (Å²) in [6.07, 6.45) is 3.75. The molecule has 1 saturated heterocycles. The number of nitrogens with one attached hydrogen (secondary N) is 1. The smallest absolute Gasteiger partial charge is 0.255 e. The van der Waals surface area contributed by atoms with E-state index in [9.17, 15) is 18.0 Å². The summed E-state index contributed by atoms with van der Waals surface area (Å²) in [5.41, 5.74) is 0.0626. The monoisotopic (exact) mass is 516 g/mol. The summed E-state index contributed by atoms with van der Waals surface area (Å²) in [4.78, 5) is 23.4. The van der Waals surface area contributed by atoms with Gasteiger partial charge in [-0.3, -0.25) is 9.78 Å².